The summed E-state index contributed by atoms with van der Waals surface area (Å²) >= 11 is 0. The van der Waals surface area contributed by atoms with E-state index in [1.54, 1.807) is 0 Å². The second-order valence-electron chi connectivity index (χ2n) is 3.92. The molecule has 0 aromatic carbocycles. The highest BCUT2D eigenvalue weighted by Crippen LogP contribution is 2.10. The van der Waals surface area contributed by atoms with Gasteiger partial charge in [0, 0.05) is 19.2 Å². The summed E-state index contributed by atoms with van der Waals surface area (Å²) in [7, 11) is 3.72. The van der Waals surface area contributed by atoms with Crippen LogP contribution in [0.1, 0.15) is 6.42 Å². The van der Waals surface area contributed by atoms with Crippen molar-refractivity contribution in [1.82, 2.24) is 9.91 Å². The van der Waals surface area contributed by atoms with Gasteiger partial charge in [-0.15, -0.1) is 0 Å². The number of nitrogens with zero attached hydrogens (tertiary/aromatic N) is 2. The molecule has 6 heteroatoms. The van der Waals surface area contributed by atoms with Gasteiger partial charge in [-0.3, -0.25) is 14.4 Å². The lowest BCUT2D eigenvalue weighted by molar-refractivity contribution is -0.138. The van der Waals surface area contributed by atoms with Crippen LogP contribution in [0.4, 0.5) is 0 Å². The number of carbonyl (C=O) groups excluding carboxylic acids is 3. The van der Waals surface area contributed by atoms with E-state index in [-0.39, 0.29) is 17.9 Å². The number of hydrazine groups is 1. The van der Waals surface area contributed by atoms with Crippen LogP contribution in [-0.2, 0) is 14.4 Å². The summed E-state index contributed by atoms with van der Waals surface area (Å²) < 4.78 is 0. The molecule has 0 aromatic rings. The maximum atomic E-state index is 11.5. The minimum atomic E-state index is -0.692. The van der Waals surface area contributed by atoms with E-state index in [9.17, 15) is 14.4 Å². The Balaban J connectivity index is 2.74. The van der Waals surface area contributed by atoms with Gasteiger partial charge in [0.15, 0.2) is 5.78 Å². The van der Waals surface area contributed by atoms with Crippen LogP contribution < -0.4 is 5.84 Å². The van der Waals surface area contributed by atoms with Crippen LogP contribution >= 0.6 is 0 Å². The molecule has 0 fully saturated rings. The van der Waals surface area contributed by atoms with E-state index in [1.807, 2.05) is 19.0 Å². The molecule has 0 saturated heterocycles. The predicted octanol–water partition coefficient (Wildman–Crippen LogP) is -1.28. The van der Waals surface area contributed by atoms with Crippen molar-refractivity contribution in [3.8, 4) is 0 Å². The fourth-order valence-electron chi connectivity index (χ4n) is 1.29. The molecule has 0 unspecified atom stereocenters. The lowest BCUT2D eigenvalue weighted by Crippen LogP contribution is -2.42. The Bertz CT molecular complexity index is 360. The van der Waals surface area contributed by atoms with Gasteiger partial charge in [0.1, 0.15) is 5.70 Å². The standard InChI is InChI=1S/C10H15N3O3/c1-12(2)3-4-13(11)8-5-7(14)6-9(15)10(8)16/h5H,3-4,6,11H2,1-2H3. The van der Waals surface area contributed by atoms with Gasteiger partial charge in [-0.25, -0.2) is 5.84 Å². The minimum Gasteiger partial charge on any atom is -0.308 e. The maximum absolute atomic E-state index is 11.5. The zero-order chi connectivity index (χ0) is 12.3. The average molecular weight is 225 g/mol. The highest BCUT2D eigenvalue weighted by molar-refractivity contribution is 6.48. The smallest absolute Gasteiger partial charge is 0.246 e. The number of hydrogen-bond acceptors (Lipinski definition) is 6. The topological polar surface area (TPSA) is 83.7 Å². The third kappa shape index (κ3) is 2.98. The molecule has 16 heavy (non-hydrogen) atoms. The Labute approximate surface area is 93.6 Å². The molecule has 0 spiro atoms. The summed E-state index contributed by atoms with van der Waals surface area (Å²) in [4.78, 5) is 35.6. The Kier molecular flexibility index (Phi) is 3.92. The second-order valence-corrected chi connectivity index (χ2v) is 3.92. The van der Waals surface area contributed by atoms with Gasteiger partial charge in [0.05, 0.1) is 6.42 Å². The Hall–Kier alpha value is -1.53. The second kappa shape index (κ2) is 5.00. The first kappa shape index (κ1) is 12.5. The van der Waals surface area contributed by atoms with E-state index in [0.29, 0.717) is 13.1 Å². The molecule has 0 heterocycles. The van der Waals surface area contributed by atoms with Crippen molar-refractivity contribution in [1.29, 1.82) is 0 Å². The Morgan fingerprint density at radius 2 is 1.88 bits per heavy atom. The highest BCUT2D eigenvalue weighted by Gasteiger charge is 2.29. The summed E-state index contributed by atoms with van der Waals surface area (Å²) in [6, 6.07) is 0. The van der Waals surface area contributed by atoms with Gasteiger partial charge in [0.25, 0.3) is 0 Å². The molecule has 0 atom stereocenters. The van der Waals surface area contributed by atoms with Crippen molar-refractivity contribution in [2.24, 2.45) is 5.84 Å². The van der Waals surface area contributed by atoms with Crippen LogP contribution in [0.15, 0.2) is 11.8 Å². The van der Waals surface area contributed by atoms with E-state index in [2.05, 4.69) is 0 Å². The molecule has 1 aliphatic carbocycles. The number of hydrogen-bond donors (Lipinski definition) is 1. The molecule has 6 nitrogen and oxygen atoms in total. The third-order valence-corrected chi connectivity index (χ3v) is 2.22. The number of ketones is 3. The number of allylic oxidation sites excluding steroid dienone is 2. The normalized spacial score (nSPS) is 16.8. The van der Waals surface area contributed by atoms with Crippen LogP contribution in [0.2, 0.25) is 0 Å². The monoisotopic (exact) mass is 225 g/mol. The fourth-order valence-corrected chi connectivity index (χ4v) is 1.29. The summed E-state index contributed by atoms with van der Waals surface area (Å²) in [6.45, 7) is 1.01. The molecular formula is C10H15N3O3. The van der Waals surface area contributed by atoms with Gasteiger partial charge in [-0.05, 0) is 14.1 Å². The molecule has 0 radical (unpaired) electrons. The lowest BCUT2D eigenvalue weighted by Gasteiger charge is -2.23. The van der Waals surface area contributed by atoms with Crippen molar-refractivity contribution < 1.29 is 14.4 Å². The van der Waals surface area contributed by atoms with Crippen molar-refractivity contribution in [2.45, 2.75) is 6.42 Å². The zero-order valence-corrected chi connectivity index (χ0v) is 9.40. The van der Waals surface area contributed by atoms with E-state index in [4.69, 9.17) is 5.84 Å². The summed E-state index contributed by atoms with van der Waals surface area (Å²) in [6.07, 6.45) is 0.795. The molecule has 2 N–H and O–H groups in total. The molecule has 0 aliphatic heterocycles. The number of nitrogens with two attached hydrogens (primary N) is 1. The fraction of sp³-hybridized carbons (Fsp3) is 0.500. The van der Waals surface area contributed by atoms with E-state index in [1.165, 1.54) is 0 Å². The molecule has 1 rings (SSSR count). The third-order valence-electron chi connectivity index (χ3n) is 2.22. The lowest BCUT2D eigenvalue weighted by atomic mass is 10.0. The maximum Gasteiger partial charge on any atom is 0.246 e. The van der Waals surface area contributed by atoms with Crippen molar-refractivity contribution in [3.05, 3.63) is 11.8 Å². The van der Waals surface area contributed by atoms with Crippen molar-refractivity contribution in [2.75, 3.05) is 27.2 Å². The number of carbonyl (C=O) groups is 3. The number of likely N-dealkylation sites (N-methyl/N-ethyl adjacent to an activating group) is 1. The van der Waals surface area contributed by atoms with E-state index < -0.39 is 11.6 Å². The van der Waals surface area contributed by atoms with Crippen LogP contribution in [0.25, 0.3) is 0 Å². The summed E-state index contributed by atoms with van der Waals surface area (Å²) in [5.41, 5.74) is -0.0110. The molecule has 0 amide bonds. The zero-order valence-electron chi connectivity index (χ0n) is 9.40. The molecule has 0 bridgehead atoms. The number of rotatable bonds is 4. The van der Waals surface area contributed by atoms with Crippen LogP contribution in [0.5, 0.6) is 0 Å². The first-order chi connectivity index (χ1) is 7.41. The SMILES string of the molecule is CN(C)CCN(N)C1=CC(=O)CC(=O)C1=O. The molecule has 0 saturated carbocycles. The quantitative estimate of drug-likeness (QED) is 0.278. The largest absolute Gasteiger partial charge is 0.308 e. The minimum absolute atomic E-state index is 0.0110. The first-order valence-electron chi connectivity index (χ1n) is 4.91. The summed E-state index contributed by atoms with van der Waals surface area (Å²) in [5.74, 6) is 3.88. The van der Waals surface area contributed by atoms with Crippen LogP contribution in [0, 0.1) is 0 Å². The Morgan fingerprint density at radius 3 is 2.44 bits per heavy atom. The molecular weight excluding hydrogens is 210 g/mol. The number of Topliss-reactive ketones (excluding diaryl/α,β-unsaturated/α-hetero) is 2. The highest BCUT2D eigenvalue weighted by atomic mass is 16.2. The average Bonchev–Trinajstić information content (AvgIpc) is 2.19. The van der Waals surface area contributed by atoms with Gasteiger partial charge in [-0.2, -0.15) is 0 Å². The summed E-state index contributed by atoms with van der Waals surface area (Å²) in [5, 5.41) is 1.15. The molecule has 0 aromatic heterocycles. The van der Waals surface area contributed by atoms with Crippen LogP contribution in [0.3, 0.4) is 0 Å². The van der Waals surface area contributed by atoms with Crippen LogP contribution in [-0.4, -0.2) is 54.4 Å². The Morgan fingerprint density at radius 1 is 1.25 bits per heavy atom. The van der Waals surface area contributed by atoms with Gasteiger partial charge in [-0.1, -0.05) is 0 Å². The van der Waals surface area contributed by atoms with Gasteiger partial charge in [0.2, 0.25) is 11.6 Å². The molecule has 1 aliphatic rings. The van der Waals surface area contributed by atoms with Crippen molar-refractivity contribution in [3.63, 3.8) is 0 Å². The van der Waals surface area contributed by atoms with E-state index in [0.717, 1.165) is 11.1 Å². The van der Waals surface area contributed by atoms with Gasteiger partial charge < -0.3 is 9.91 Å². The van der Waals surface area contributed by atoms with Gasteiger partial charge >= 0.3 is 0 Å². The first-order valence-corrected chi connectivity index (χ1v) is 4.91. The van der Waals surface area contributed by atoms with Crippen molar-refractivity contribution >= 4 is 17.3 Å². The molecule has 88 valence electrons. The van der Waals surface area contributed by atoms with E-state index >= 15 is 0 Å². The predicted molar refractivity (Wildman–Crippen MR) is 57.2 cm³/mol.